The van der Waals surface area contributed by atoms with Gasteiger partial charge < -0.3 is 15.2 Å². The zero-order valence-electron chi connectivity index (χ0n) is 10.9. The van der Waals surface area contributed by atoms with Gasteiger partial charge in [0.15, 0.2) is 11.8 Å². The summed E-state index contributed by atoms with van der Waals surface area (Å²) < 4.78 is 5.02. The van der Waals surface area contributed by atoms with E-state index in [1.54, 1.807) is 6.92 Å². The van der Waals surface area contributed by atoms with Crippen molar-refractivity contribution in [2.24, 2.45) is 4.99 Å². The summed E-state index contributed by atoms with van der Waals surface area (Å²) in [7, 11) is 0. The maximum atomic E-state index is 5.02. The van der Waals surface area contributed by atoms with E-state index in [9.17, 15) is 0 Å². The minimum absolute atomic E-state index is 0.360. The Morgan fingerprint density at radius 1 is 1.47 bits per heavy atom. The van der Waals surface area contributed by atoms with Crippen LogP contribution in [-0.2, 0) is 6.42 Å². The fourth-order valence-corrected chi connectivity index (χ4v) is 1.30. The molecule has 0 aliphatic rings. The molecule has 96 valence electrons. The highest BCUT2D eigenvalue weighted by Gasteiger charge is 2.03. The highest BCUT2D eigenvalue weighted by atomic mass is 16.5. The van der Waals surface area contributed by atoms with Crippen molar-refractivity contribution in [3.63, 3.8) is 0 Å². The lowest BCUT2D eigenvalue weighted by molar-refractivity contribution is 0.376. The second kappa shape index (κ2) is 6.88. The minimum atomic E-state index is 0.360. The summed E-state index contributed by atoms with van der Waals surface area (Å²) >= 11 is 0. The molecule has 1 rings (SSSR count). The third kappa shape index (κ3) is 5.33. The zero-order valence-corrected chi connectivity index (χ0v) is 10.9. The van der Waals surface area contributed by atoms with E-state index in [1.165, 1.54) is 0 Å². The normalized spacial score (nSPS) is 11.9. The molecule has 6 heteroatoms. The molecule has 0 saturated carbocycles. The molecule has 0 radical (unpaired) electrons. The summed E-state index contributed by atoms with van der Waals surface area (Å²) in [4.78, 5) is 8.55. The summed E-state index contributed by atoms with van der Waals surface area (Å²) in [5.41, 5.74) is 0. The van der Waals surface area contributed by atoms with Crippen LogP contribution in [-0.4, -0.2) is 35.2 Å². The molecule has 6 nitrogen and oxygen atoms in total. The second-order valence-electron chi connectivity index (χ2n) is 4.05. The predicted octanol–water partition coefficient (Wildman–Crippen LogP) is 0.884. The Hall–Kier alpha value is -1.59. The summed E-state index contributed by atoms with van der Waals surface area (Å²) in [5.74, 6) is 2.11. The van der Waals surface area contributed by atoms with Crippen LogP contribution in [0.3, 0.4) is 0 Å². The third-order valence-electron chi connectivity index (χ3n) is 1.93. The van der Waals surface area contributed by atoms with Crippen LogP contribution in [0.5, 0.6) is 0 Å². The Morgan fingerprint density at radius 2 is 2.24 bits per heavy atom. The number of aliphatic imine (C=N–C) groups is 1. The first-order valence-corrected chi connectivity index (χ1v) is 5.95. The van der Waals surface area contributed by atoms with Crippen molar-refractivity contribution in [1.29, 1.82) is 0 Å². The Morgan fingerprint density at radius 3 is 2.76 bits per heavy atom. The smallest absolute Gasteiger partial charge is 0.228 e. The lowest BCUT2D eigenvalue weighted by Gasteiger charge is -2.13. The fourth-order valence-electron chi connectivity index (χ4n) is 1.30. The van der Waals surface area contributed by atoms with Crippen molar-refractivity contribution < 1.29 is 4.52 Å². The molecule has 0 aliphatic heterocycles. The van der Waals surface area contributed by atoms with Crippen LogP contribution in [0.15, 0.2) is 9.52 Å². The van der Waals surface area contributed by atoms with Gasteiger partial charge in [-0.2, -0.15) is 4.98 Å². The Bertz CT molecular complexity index is 358. The molecule has 1 aromatic heterocycles. The summed E-state index contributed by atoms with van der Waals surface area (Å²) in [5, 5.41) is 10.2. The van der Waals surface area contributed by atoms with E-state index in [4.69, 9.17) is 4.52 Å². The van der Waals surface area contributed by atoms with Gasteiger partial charge in [0.05, 0.1) is 6.54 Å². The summed E-state index contributed by atoms with van der Waals surface area (Å²) in [6.45, 7) is 9.48. The van der Waals surface area contributed by atoms with Crippen LogP contribution < -0.4 is 10.6 Å². The number of hydrogen-bond donors (Lipinski definition) is 2. The molecule has 0 amide bonds. The molecular formula is C11H21N5O. The molecule has 0 unspecified atom stereocenters. The third-order valence-corrected chi connectivity index (χ3v) is 1.93. The van der Waals surface area contributed by atoms with E-state index in [2.05, 4.69) is 39.6 Å². The van der Waals surface area contributed by atoms with E-state index >= 15 is 0 Å². The standard InChI is InChI=1S/C11H21N5O/c1-5-12-11(14-8(2)3)13-7-6-10-15-9(4)16-17-10/h8H,5-7H2,1-4H3,(H2,12,13,14). The topological polar surface area (TPSA) is 75.3 Å². The van der Waals surface area contributed by atoms with E-state index in [0.29, 0.717) is 30.7 Å². The predicted molar refractivity (Wildman–Crippen MR) is 67.0 cm³/mol. The summed E-state index contributed by atoms with van der Waals surface area (Å²) in [6, 6.07) is 0.360. The van der Waals surface area contributed by atoms with Gasteiger partial charge in [-0.3, -0.25) is 4.99 Å². The second-order valence-corrected chi connectivity index (χ2v) is 4.05. The fraction of sp³-hybridized carbons (Fsp3) is 0.727. The van der Waals surface area contributed by atoms with Gasteiger partial charge in [0, 0.05) is 19.0 Å². The average molecular weight is 239 g/mol. The molecule has 0 aliphatic carbocycles. The number of rotatable bonds is 5. The highest BCUT2D eigenvalue weighted by molar-refractivity contribution is 5.79. The van der Waals surface area contributed by atoms with Crippen molar-refractivity contribution in [2.45, 2.75) is 40.2 Å². The Labute approximate surface area is 102 Å². The van der Waals surface area contributed by atoms with E-state index in [0.717, 1.165) is 12.5 Å². The Kier molecular flexibility index (Phi) is 5.45. The largest absolute Gasteiger partial charge is 0.357 e. The Balaban J connectivity index is 2.42. The molecule has 1 heterocycles. The first-order valence-electron chi connectivity index (χ1n) is 5.95. The molecule has 0 aromatic carbocycles. The molecule has 0 spiro atoms. The van der Waals surface area contributed by atoms with Gasteiger partial charge in [-0.15, -0.1) is 0 Å². The molecular weight excluding hydrogens is 218 g/mol. The lowest BCUT2D eigenvalue weighted by Crippen LogP contribution is -2.41. The van der Waals surface area contributed by atoms with Gasteiger partial charge >= 0.3 is 0 Å². The van der Waals surface area contributed by atoms with Crippen LogP contribution in [0.4, 0.5) is 0 Å². The maximum Gasteiger partial charge on any atom is 0.228 e. The first-order chi connectivity index (χ1) is 8.11. The molecule has 1 aromatic rings. The zero-order chi connectivity index (χ0) is 12.7. The van der Waals surface area contributed by atoms with Crippen molar-refractivity contribution in [1.82, 2.24) is 20.8 Å². The van der Waals surface area contributed by atoms with Crippen molar-refractivity contribution in [3.8, 4) is 0 Å². The van der Waals surface area contributed by atoms with Gasteiger partial charge in [-0.1, -0.05) is 5.16 Å². The minimum Gasteiger partial charge on any atom is -0.357 e. The number of guanidine groups is 1. The van der Waals surface area contributed by atoms with Crippen LogP contribution in [0.1, 0.15) is 32.5 Å². The van der Waals surface area contributed by atoms with Crippen LogP contribution in [0.2, 0.25) is 0 Å². The molecule has 2 N–H and O–H groups in total. The van der Waals surface area contributed by atoms with Crippen LogP contribution in [0, 0.1) is 6.92 Å². The number of aryl methyl sites for hydroxylation is 1. The van der Waals surface area contributed by atoms with Crippen LogP contribution >= 0.6 is 0 Å². The monoisotopic (exact) mass is 239 g/mol. The molecule has 0 atom stereocenters. The van der Waals surface area contributed by atoms with Gasteiger partial charge in [0.2, 0.25) is 5.89 Å². The van der Waals surface area contributed by atoms with E-state index in [-0.39, 0.29) is 0 Å². The highest BCUT2D eigenvalue weighted by Crippen LogP contribution is 1.96. The number of aromatic nitrogens is 2. The van der Waals surface area contributed by atoms with Crippen molar-refractivity contribution in [3.05, 3.63) is 11.7 Å². The van der Waals surface area contributed by atoms with E-state index in [1.807, 2.05) is 6.92 Å². The van der Waals surface area contributed by atoms with Gasteiger partial charge in [0.25, 0.3) is 0 Å². The number of hydrogen-bond acceptors (Lipinski definition) is 4. The summed E-state index contributed by atoms with van der Waals surface area (Å²) in [6.07, 6.45) is 0.662. The molecule has 0 bridgehead atoms. The molecule has 0 fully saturated rings. The van der Waals surface area contributed by atoms with Crippen molar-refractivity contribution in [2.75, 3.05) is 13.1 Å². The van der Waals surface area contributed by atoms with Gasteiger partial charge in [-0.25, -0.2) is 0 Å². The average Bonchev–Trinajstić information content (AvgIpc) is 2.63. The molecule has 17 heavy (non-hydrogen) atoms. The SMILES string of the molecule is CCNC(=NCCc1nc(C)no1)NC(C)C. The number of nitrogens with zero attached hydrogens (tertiary/aromatic N) is 3. The maximum absolute atomic E-state index is 5.02. The van der Waals surface area contributed by atoms with E-state index < -0.39 is 0 Å². The lowest BCUT2D eigenvalue weighted by atomic mass is 10.4. The quantitative estimate of drug-likeness (QED) is 0.589. The van der Waals surface area contributed by atoms with Gasteiger partial charge in [-0.05, 0) is 27.7 Å². The molecule has 0 saturated heterocycles. The van der Waals surface area contributed by atoms with Crippen LogP contribution in [0.25, 0.3) is 0 Å². The first kappa shape index (κ1) is 13.5. The van der Waals surface area contributed by atoms with Gasteiger partial charge in [0.1, 0.15) is 0 Å². The van der Waals surface area contributed by atoms with Crippen molar-refractivity contribution >= 4 is 5.96 Å². The number of nitrogens with one attached hydrogen (secondary N) is 2.